The van der Waals surface area contributed by atoms with Crippen molar-refractivity contribution in [3.05, 3.63) is 53.6 Å². The number of anilines is 1. The first kappa shape index (κ1) is 19.1. The lowest BCUT2D eigenvalue weighted by Gasteiger charge is -2.18. The first-order valence-electron chi connectivity index (χ1n) is 8.95. The first-order chi connectivity index (χ1) is 12.1. The molecule has 2 rings (SSSR count). The van der Waals surface area contributed by atoms with E-state index in [0.29, 0.717) is 0 Å². The van der Waals surface area contributed by atoms with Crippen molar-refractivity contribution < 1.29 is 9.47 Å². The molecule has 0 aromatic heterocycles. The van der Waals surface area contributed by atoms with Crippen molar-refractivity contribution in [2.75, 3.05) is 33.0 Å². The predicted molar refractivity (Wildman–Crippen MR) is 104 cm³/mol. The molecule has 0 aliphatic carbocycles. The van der Waals surface area contributed by atoms with Crippen molar-refractivity contribution in [2.24, 2.45) is 0 Å². The average Bonchev–Trinajstić information content (AvgIpc) is 2.62. The van der Waals surface area contributed by atoms with Gasteiger partial charge in [0.1, 0.15) is 0 Å². The Labute approximate surface area is 151 Å². The van der Waals surface area contributed by atoms with Gasteiger partial charge in [0.25, 0.3) is 0 Å². The van der Waals surface area contributed by atoms with E-state index < -0.39 is 0 Å². The number of rotatable bonds is 10. The van der Waals surface area contributed by atoms with E-state index in [0.717, 1.165) is 56.1 Å². The highest BCUT2D eigenvalue weighted by Gasteiger charge is 2.08. The Bertz CT molecular complexity index is 641. The molecule has 0 unspecified atom stereocenters. The monoisotopic (exact) mass is 342 g/mol. The second kappa shape index (κ2) is 9.94. The van der Waals surface area contributed by atoms with E-state index in [1.165, 1.54) is 11.1 Å². The Balaban J connectivity index is 1.91. The highest BCUT2D eigenvalue weighted by Crippen LogP contribution is 2.28. The maximum atomic E-state index is 5.88. The van der Waals surface area contributed by atoms with Crippen molar-refractivity contribution in [1.29, 1.82) is 0 Å². The van der Waals surface area contributed by atoms with Gasteiger partial charge in [-0.25, -0.2) is 0 Å². The molecular weight excluding hydrogens is 312 g/mol. The quantitative estimate of drug-likeness (QED) is 0.521. The minimum absolute atomic E-state index is 0.725. The van der Waals surface area contributed by atoms with Gasteiger partial charge in [0.2, 0.25) is 0 Å². The van der Waals surface area contributed by atoms with Gasteiger partial charge in [-0.15, -0.1) is 0 Å². The lowest BCUT2D eigenvalue weighted by Crippen LogP contribution is -2.20. The summed E-state index contributed by atoms with van der Waals surface area (Å²) in [5, 5.41) is 0. The van der Waals surface area contributed by atoms with Gasteiger partial charge in [-0.1, -0.05) is 31.5 Å². The molecule has 0 aliphatic heterocycles. The van der Waals surface area contributed by atoms with E-state index in [1.54, 1.807) is 7.11 Å². The van der Waals surface area contributed by atoms with Gasteiger partial charge < -0.3 is 20.1 Å². The zero-order chi connectivity index (χ0) is 18.1. The molecule has 2 N–H and O–H groups in total. The van der Waals surface area contributed by atoms with Crippen LogP contribution in [0.5, 0.6) is 11.5 Å². The van der Waals surface area contributed by atoms with E-state index >= 15 is 0 Å². The molecule has 0 atom stereocenters. The fraction of sp³-hybridized carbons (Fsp3) is 0.429. The van der Waals surface area contributed by atoms with Gasteiger partial charge >= 0.3 is 0 Å². The van der Waals surface area contributed by atoms with Crippen LogP contribution in [0.2, 0.25) is 0 Å². The van der Waals surface area contributed by atoms with Crippen molar-refractivity contribution in [3.63, 3.8) is 0 Å². The lowest BCUT2D eigenvalue weighted by atomic mass is 10.1. The van der Waals surface area contributed by atoms with Crippen LogP contribution < -0.4 is 15.2 Å². The topological polar surface area (TPSA) is 47.7 Å². The molecule has 25 heavy (non-hydrogen) atoms. The first-order valence-corrected chi connectivity index (χ1v) is 8.95. The molecule has 0 saturated heterocycles. The number of nitrogen functional groups attached to an aromatic ring is 1. The fourth-order valence-corrected chi connectivity index (χ4v) is 2.65. The molecule has 0 aliphatic rings. The molecule has 4 heteroatoms. The molecular formula is C21H30N2O2. The number of hydrogen-bond acceptors (Lipinski definition) is 4. The summed E-state index contributed by atoms with van der Waals surface area (Å²) in [5.41, 5.74) is 9.08. The van der Waals surface area contributed by atoms with Gasteiger partial charge in [-0.2, -0.15) is 0 Å². The summed E-state index contributed by atoms with van der Waals surface area (Å²) in [7, 11) is 3.82. The van der Waals surface area contributed by atoms with Crippen molar-refractivity contribution >= 4 is 5.69 Å². The Morgan fingerprint density at radius 2 is 1.72 bits per heavy atom. The maximum absolute atomic E-state index is 5.88. The van der Waals surface area contributed by atoms with Crippen LogP contribution in [0.25, 0.3) is 0 Å². The number of ether oxygens (including phenoxy) is 2. The van der Waals surface area contributed by atoms with Gasteiger partial charge in [-0.3, -0.25) is 0 Å². The van der Waals surface area contributed by atoms with Crippen LogP contribution in [0.4, 0.5) is 5.69 Å². The summed E-state index contributed by atoms with van der Waals surface area (Å²) < 4.78 is 11.3. The molecule has 0 heterocycles. The smallest absolute Gasteiger partial charge is 0.161 e. The number of methoxy groups -OCH3 is 1. The number of nitrogens with two attached hydrogens (primary N) is 1. The molecule has 136 valence electrons. The van der Waals surface area contributed by atoms with Crippen LogP contribution in [0.15, 0.2) is 42.5 Å². The maximum Gasteiger partial charge on any atom is 0.161 e. The largest absolute Gasteiger partial charge is 0.493 e. The summed E-state index contributed by atoms with van der Waals surface area (Å²) in [5.74, 6) is 1.63. The van der Waals surface area contributed by atoms with Crippen molar-refractivity contribution in [2.45, 2.75) is 32.7 Å². The molecule has 4 nitrogen and oxygen atoms in total. The van der Waals surface area contributed by atoms with Crippen LogP contribution in [0.3, 0.4) is 0 Å². The van der Waals surface area contributed by atoms with E-state index in [-0.39, 0.29) is 0 Å². The minimum Gasteiger partial charge on any atom is -0.493 e. The third-order valence-corrected chi connectivity index (χ3v) is 4.20. The van der Waals surface area contributed by atoms with E-state index in [4.69, 9.17) is 15.2 Å². The second-order valence-electron chi connectivity index (χ2n) is 6.42. The zero-order valence-electron chi connectivity index (χ0n) is 15.6. The van der Waals surface area contributed by atoms with E-state index in [2.05, 4.69) is 43.1 Å². The second-order valence-corrected chi connectivity index (χ2v) is 6.42. The number of benzene rings is 2. The Morgan fingerprint density at radius 1 is 1.00 bits per heavy atom. The van der Waals surface area contributed by atoms with Gasteiger partial charge in [0.05, 0.1) is 13.7 Å². The summed E-state index contributed by atoms with van der Waals surface area (Å²) in [6.45, 7) is 4.75. The van der Waals surface area contributed by atoms with E-state index in [1.807, 2.05) is 18.2 Å². The number of nitrogens with zero attached hydrogens (tertiary/aromatic N) is 1. The van der Waals surface area contributed by atoms with Crippen LogP contribution in [-0.2, 0) is 13.0 Å². The summed E-state index contributed by atoms with van der Waals surface area (Å²) >= 11 is 0. The fourth-order valence-electron chi connectivity index (χ4n) is 2.65. The summed E-state index contributed by atoms with van der Waals surface area (Å²) in [6, 6.07) is 14.3. The molecule has 2 aromatic carbocycles. The minimum atomic E-state index is 0.725. The SMILES string of the molecule is CCCCOc1cc(CN(C)CCc2ccc(N)cc2)ccc1OC. The van der Waals surface area contributed by atoms with Crippen molar-refractivity contribution in [1.82, 2.24) is 4.90 Å². The molecule has 0 saturated carbocycles. The van der Waals surface area contributed by atoms with Crippen LogP contribution in [-0.4, -0.2) is 32.2 Å². The summed E-state index contributed by atoms with van der Waals surface area (Å²) in [6.07, 6.45) is 3.18. The van der Waals surface area contributed by atoms with E-state index in [9.17, 15) is 0 Å². The van der Waals surface area contributed by atoms with Crippen molar-refractivity contribution in [3.8, 4) is 11.5 Å². The molecule has 0 bridgehead atoms. The standard InChI is InChI=1S/C21H30N2O2/c1-4-5-14-25-21-15-18(8-11-20(21)24-3)16-23(2)13-12-17-6-9-19(22)10-7-17/h6-11,15H,4-5,12-14,16,22H2,1-3H3. The highest BCUT2D eigenvalue weighted by molar-refractivity contribution is 5.43. The Morgan fingerprint density at radius 3 is 2.40 bits per heavy atom. The number of hydrogen-bond donors (Lipinski definition) is 1. The number of unbranched alkanes of at least 4 members (excludes halogenated alkanes) is 1. The van der Waals surface area contributed by atoms with Crippen LogP contribution in [0.1, 0.15) is 30.9 Å². The molecule has 0 spiro atoms. The van der Waals surface area contributed by atoms with Crippen LogP contribution >= 0.6 is 0 Å². The normalized spacial score (nSPS) is 10.9. The average molecular weight is 342 g/mol. The zero-order valence-corrected chi connectivity index (χ0v) is 15.6. The third kappa shape index (κ3) is 6.31. The molecule has 2 aromatic rings. The molecule has 0 amide bonds. The van der Waals surface area contributed by atoms with Gasteiger partial charge in [-0.05, 0) is 55.3 Å². The molecule has 0 fully saturated rings. The van der Waals surface area contributed by atoms with Crippen LogP contribution in [0, 0.1) is 0 Å². The predicted octanol–water partition coefficient (Wildman–Crippen LogP) is 4.13. The highest BCUT2D eigenvalue weighted by atomic mass is 16.5. The Hall–Kier alpha value is -2.20. The Kier molecular flexibility index (Phi) is 7.61. The van der Waals surface area contributed by atoms with Gasteiger partial charge in [0.15, 0.2) is 11.5 Å². The lowest BCUT2D eigenvalue weighted by molar-refractivity contribution is 0.286. The molecule has 0 radical (unpaired) electrons. The summed E-state index contributed by atoms with van der Waals surface area (Å²) in [4.78, 5) is 2.31. The third-order valence-electron chi connectivity index (χ3n) is 4.20. The van der Waals surface area contributed by atoms with Gasteiger partial charge in [0, 0.05) is 18.8 Å². The number of likely N-dealkylation sites (N-methyl/N-ethyl adjacent to an activating group) is 1.